The highest BCUT2D eigenvalue weighted by atomic mass is 35.5. The number of aromatic nitrogens is 2. The molecule has 136 valence electrons. The van der Waals surface area contributed by atoms with Crippen molar-refractivity contribution in [3.8, 4) is 0 Å². The van der Waals surface area contributed by atoms with Gasteiger partial charge in [0.2, 0.25) is 11.8 Å². The lowest BCUT2D eigenvalue weighted by atomic mass is 9.82. The maximum atomic E-state index is 12.5. The Morgan fingerprint density at radius 3 is 2.50 bits per heavy atom. The number of halogens is 1. The van der Waals surface area contributed by atoms with E-state index in [9.17, 15) is 4.79 Å². The van der Waals surface area contributed by atoms with Crippen LogP contribution in [-0.2, 0) is 4.79 Å². The highest BCUT2D eigenvalue weighted by molar-refractivity contribution is 5.86. The van der Waals surface area contributed by atoms with Gasteiger partial charge in [-0.25, -0.2) is 0 Å². The summed E-state index contributed by atoms with van der Waals surface area (Å²) in [5.41, 5.74) is 5.54. The Kier molecular flexibility index (Phi) is 6.63. The van der Waals surface area contributed by atoms with Crippen molar-refractivity contribution in [2.75, 3.05) is 0 Å². The number of nitrogens with zero attached hydrogens (tertiary/aromatic N) is 2. The van der Waals surface area contributed by atoms with Gasteiger partial charge in [0.15, 0.2) is 5.82 Å². The Balaban J connectivity index is 0.00000208. The third-order valence-corrected chi connectivity index (χ3v) is 5.34. The van der Waals surface area contributed by atoms with Crippen LogP contribution in [0.2, 0.25) is 0 Å². The number of nitrogens with one attached hydrogen (secondary N) is 1. The van der Waals surface area contributed by atoms with Crippen LogP contribution in [0.1, 0.15) is 94.8 Å². The van der Waals surface area contributed by atoms with Crippen LogP contribution in [0.3, 0.4) is 0 Å². The third kappa shape index (κ3) is 4.28. The number of rotatable bonds is 4. The summed E-state index contributed by atoms with van der Waals surface area (Å²) in [6.45, 7) is 1.88. The van der Waals surface area contributed by atoms with E-state index in [0.717, 1.165) is 50.8 Å². The van der Waals surface area contributed by atoms with Gasteiger partial charge in [0, 0.05) is 5.92 Å². The van der Waals surface area contributed by atoms with Gasteiger partial charge in [-0.2, -0.15) is 4.98 Å². The Morgan fingerprint density at radius 2 is 1.83 bits per heavy atom. The molecular formula is C17H29ClN4O2. The first kappa shape index (κ1) is 19.2. The maximum absolute atomic E-state index is 12.5. The summed E-state index contributed by atoms with van der Waals surface area (Å²) >= 11 is 0. The molecule has 0 radical (unpaired) electrons. The highest BCUT2D eigenvalue weighted by Gasteiger charge is 2.36. The first-order chi connectivity index (χ1) is 11.1. The molecule has 24 heavy (non-hydrogen) atoms. The fraction of sp³-hybridized carbons (Fsp3) is 0.824. The molecule has 0 aromatic carbocycles. The molecule has 1 atom stereocenters. The zero-order chi connectivity index (χ0) is 16.3. The maximum Gasteiger partial charge on any atom is 0.248 e. The average molecular weight is 357 g/mol. The Bertz CT molecular complexity index is 536. The van der Waals surface area contributed by atoms with E-state index in [1.165, 1.54) is 19.3 Å². The smallest absolute Gasteiger partial charge is 0.248 e. The molecule has 1 aromatic rings. The molecule has 0 saturated heterocycles. The minimum atomic E-state index is -0.737. The van der Waals surface area contributed by atoms with Gasteiger partial charge in [-0.1, -0.05) is 43.7 Å². The number of carbonyl (C=O) groups excluding carboxylic acids is 1. The standard InChI is InChI=1S/C17H28N4O2.ClH/c1-12(19-16(22)17(18)10-6-3-7-11-17)15-20-14(21-23-15)13-8-4-2-5-9-13;/h12-13H,2-11,18H2,1H3,(H,19,22);1H. The van der Waals surface area contributed by atoms with Crippen LogP contribution in [0.4, 0.5) is 0 Å². The normalized spacial score (nSPS) is 22.4. The zero-order valence-corrected chi connectivity index (χ0v) is 15.2. The van der Waals surface area contributed by atoms with Crippen LogP contribution in [0.25, 0.3) is 0 Å². The molecule has 0 bridgehead atoms. The average Bonchev–Trinajstić information content (AvgIpc) is 3.06. The SMILES string of the molecule is CC(NC(=O)C1(N)CCCCC1)c1nc(C2CCCCC2)no1.Cl. The number of amides is 1. The van der Waals surface area contributed by atoms with Gasteiger partial charge in [-0.15, -0.1) is 12.4 Å². The Labute approximate surface area is 149 Å². The molecule has 2 saturated carbocycles. The molecule has 2 fully saturated rings. The van der Waals surface area contributed by atoms with E-state index in [2.05, 4.69) is 15.5 Å². The summed E-state index contributed by atoms with van der Waals surface area (Å²) in [6.07, 6.45) is 10.7. The molecule has 2 aliphatic carbocycles. The molecule has 1 unspecified atom stereocenters. The second-order valence-corrected chi connectivity index (χ2v) is 7.24. The van der Waals surface area contributed by atoms with E-state index in [1.54, 1.807) is 0 Å². The van der Waals surface area contributed by atoms with Crippen molar-refractivity contribution in [3.63, 3.8) is 0 Å². The zero-order valence-electron chi connectivity index (χ0n) is 14.4. The van der Waals surface area contributed by atoms with E-state index in [-0.39, 0.29) is 24.4 Å². The van der Waals surface area contributed by atoms with Crippen molar-refractivity contribution in [1.29, 1.82) is 0 Å². The largest absolute Gasteiger partial charge is 0.343 e. The van der Waals surface area contributed by atoms with Crippen LogP contribution >= 0.6 is 12.4 Å². The predicted molar refractivity (Wildman–Crippen MR) is 93.9 cm³/mol. The van der Waals surface area contributed by atoms with Gasteiger partial charge in [0.25, 0.3) is 0 Å². The fourth-order valence-corrected chi connectivity index (χ4v) is 3.76. The van der Waals surface area contributed by atoms with Gasteiger partial charge in [-0.3, -0.25) is 4.79 Å². The summed E-state index contributed by atoms with van der Waals surface area (Å²) in [5.74, 6) is 1.59. The Hall–Kier alpha value is -1.14. The topological polar surface area (TPSA) is 94.0 Å². The molecule has 0 spiro atoms. The van der Waals surface area contributed by atoms with Gasteiger partial charge >= 0.3 is 0 Å². The molecular weight excluding hydrogens is 328 g/mol. The van der Waals surface area contributed by atoms with Gasteiger partial charge < -0.3 is 15.6 Å². The molecule has 0 aliphatic heterocycles. The minimum Gasteiger partial charge on any atom is -0.343 e. The van der Waals surface area contributed by atoms with Gasteiger partial charge in [0.05, 0.1) is 5.54 Å². The molecule has 6 nitrogen and oxygen atoms in total. The molecule has 2 aliphatic rings. The lowest BCUT2D eigenvalue weighted by Gasteiger charge is -2.32. The summed E-state index contributed by atoms with van der Waals surface area (Å²) in [6, 6.07) is -0.297. The summed E-state index contributed by atoms with van der Waals surface area (Å²) < 4.78 is 5.38. The van der Waals surface area contributed by atoms with E-state index in [4.69, 9.17) is 10.3 Å². The number of carbonyl (C=O) groups is 1. The summed E-state index contributed by atoms with van der Waals surface area (Å²) in [4.78, 5) is 17.0. The lowest BCUT2D eigenvalue weighted by molar-refractivity contribution is -0.128. The number of nitrogens with two attached hydrogens (primary N) is 1. The molecule has 1 aromatic heterocycles. The predicted octanol–water partition coefficient (Wildman–Crippen LogP) is 3.38. The first-order valence-electron chi connectivity index (χ1n) is 9.02. The number of hydrogen-bond donors (Lipinski definition) is 2. The monoisotopic (exact) mass is 356 g/mol. The van der Waals surface area contributed by atoms with Crippen LogP contribution < -0.4 is 11.1 Å². The Morgan fingerprint density at radius 1 is 1.21 bits per heavy atom. The van der Waals surface area contributed by atoms with Crippen LogP contribution in [0.5, 0.6) is 0 Å². The quantitative estimate of drug-likeness (QED) is 0.862. The molecule has 3 rings (SSSR count). The second-order valence-electron chi connectivity index (χ2n) is 7.24. The van der Waals surface area contributed by atoms with Crippen molar-refractivity contribution in [1.82, 2.24) is 15.5 Å². The first-order valence-corrected chi connectivity index (χ1v) is 9.02. The van der Waals surface area contributed by atoms with Gasteiger partial charge in [-0.05, 0) is 32.6 Å². The molecule has 1 heterocycles. The number of hydrogen-bond acceptors (Lipinski definition) is 5. The summed E-state index contributed by atoms with van der Waals surface area (Å²) in [7, 11) is 0. The molecule has 3 N–H and O–H groups in total. The lowest BCUT2D eigenvalue weighted by Crippen LogP contribution is -2.55. The van der Waals surface area contributed by atoms with Crippen molar-refractivity contribution < 1.29 is 9.32 Å². The summed E-state index contributed by atoms with van der Waals surface area (Å²) in [5, 5.41) is 7.09. The molecule has 7 heteroatoms. The van der Waals surface area contributed by atoms with Crippen LogP contribution in [0, 0.1) is 0 Å². The van der Waals surface area contributed by atoms with Crippen molar-refractivity contribution in [3.05, 3.63) is 11.7 Å². The van der Waals surface area contributed by atoms with Gasteiger partial charge in [0.1, 0.15) is 6.04 Å². The van der Waals surface area contributed by atoms with Crippen LogP contribution in [0.15, 0.2) is 4.52 Å². The minimum absolute atomic E-state index is 0. The van der Waals surface area contributed by atoms with E-state index >= 15 is 0 Å². The van der Waals surface area contributed by atoms with E-state index in [0.29, 0.717) is 11.8 Å². The van der Waals surface area contributed by atoms with E-state index < -0.39 is 5.54 Å². The van der Waals surface area contributed by atoms with E-state index in [1.807, 2.05) is 6.92 Å². The highest BCUT2D eigenvalue weighted by Crippen LogP contribution is 2.31. The van der Waals surface area contributed by atoms with Crippen molar-refractivity contribution in [2.24, 2.45) is 5.73 Å². The fourth-order valence-electron chi connectivity index (χ4n) is 3.76. The van der Waals surface area contributed by atoms with Crippen molar-refractivity contribution >= 4 is 18.3 Å². The van der Waals surface area contributed by atoms with Crippen molar-refractivity contribution in [2.45, 2.75) is 88.6 Å². The molecule has 1 amide bonds. The van der Waals surface area contributed by atoms with Crippen LogP contribution in [-0.4, -0.2) is 21.6 Å². The third-order valence-electron chi connectivity index (χ3n) is 5.34. The second kappa shape index (κ2) is 8.30.